The Kier molecular flexibility index (Phi) is 3.89. The number of ether oxygens (including phenoxy) is 2. The van der Waals surface area contributed by atoms with Crippen molar-refractivity contribution in [2.75, 3.05) is 0 Å². The van der Waals surface area contributed by atoms with Crippen molar-refractivity contribution < 1.29 is 14.3 Å². The largest absolute Gasteiger partial charge is 0.442 e. The van der Waals surface area contributed by atoms with Crippen LogP contribution in [0.4, 0.5) is 4.79 Å². The van der Waals surface area contributed by atoms with Gasteiger partial charge in [-0.25, -0.2) is 4.79 Å². The van der Waals surface area contributed by atoms with E-state index < -0.39 is 11.7 Å². The smallest absolute Gasteiger partial charge is 0.435 e. The van der Waals surface area contributed by atoms with Gasteiger partial charge in [-0.15, -0.1) is 15.3 Å². The maximum absolute atomic E-state index is 11.7. The maximum Gasteiger partial charge on any atom is 0.435 e. The fourth-order valence-electron chi connectivity index (χ4n) is 1.24. The molecule has 7 nitrogen and oxygen atoms in total. The van der Waals surface area contributed by atoms with E-state index in [1.54, 1.807) is 26.8 Å². The van der Waals surface area contributed by atoms with Crippen molar-refractivity contribution in [3.63, 3.8) is 0 Å². The zero-order valence-corrected chi connectivity index (χ0v) is 12.0. The molecule has 0 fully saturated rings. The predicted octanol–water partition coefficient (Wildman–Crippen LogP) is 2.90. The van der Waals surface area contributed by atoms with E-state index in [-0.39, 0.29) is 16.9 Å². The quantitative estimate of drug-likeness (QED) is 0.848. The Morgan fingerprint density at radius 1 is 1.20 bits per heavy atom. The van der Waals surface area contributed by atoms with Crippen LogP contribution >= 0.6 is 11.6 Å². The SMILES string of the molecule is CC(C)(C)OC(=O)n1ccc(Oc2ccc(Cl)nn2)n1. The molecule has 0 saturated heterocycles. The van der Waals surface area contributed by atoms with Gasteiger partial charge in [0.15, 0.2) is 5.15 Å². The zero-order valence-electron chi connectivity index (χ0n) is 11.2. The van der Waals surface area contributed by atoms with Gasteiger partial charge in [0.25, 0.3) is 0 Å². The van der Waals surface area contributed by atoms with Crippen LogP contribution in [0.15, 0.2) is 24.4 Å². The van der Waals surface area contributed by atoms with Gasteiger partial charge in [-0.1, -0.05) is 11.6 Å². The molecule has 0 N–H and O–H groups in total. The molecule has 0 atom stereocenters. The van der Waals surface area contributed by atoms with Crippen molar-refractivity contribution in [2.45, 2.75) is 26.4 Å². The van der Waals surface area contributed by atoms with Crippen LogP contribution in [0.3, 0.4) is 0 Å². The summed E-state index contributed by atoms with van der Waals surface area (Å²) < 4.78 is 11.5. The van der Waals surface area contributed by atoms with Crippen molar-refractivity contribution in [3.05, 3.63) is 29.5 Å². The van der Waals surface area contributed by atoms with Crippen LogP contribution in [0.1, 0.15) is 20.8 Å². The molecule has 0 aromatic carbocycles. The number of carbonyl (C=O) groups excluding carboxylic acids is 1. The number of hydrogen-bond acceptors (Lipinski definition) is 6. The average molecular weight is 297 g/mol. The van der Waals surface area contributed by atoms with E-state index in [9.17, 15) is 4.79 Å². The minimum atomic E-state index is -0.592. The summed E-state index contributed by atoms with van der Waals surface area (Å²) in [5.74, 6) is 0.427. The average Bonchev–Trinajstić information content (AvgIpc) is 2.79. The Balaban J connectivity index is 2.05. The third kappa shape index (κ3) is 3.92. The second-order valence-electron chi connectivity index (χ2n) is 4.88. The molecule has 0 radical (unpaired) electrons. The first-order valence-electron chi connectivity index (χ1n) is 5.79. The lowest BCUT2D eigenvalue weighted by Gasteiger charge is -2.18. The van der Waals surface area contributed by atoms with Crippen LogP contribution in [-0.4, -0.2) is 31.7 Å². The van der Waals surface area contributed by atoms with Gasteiger partial charge in [-0.05, 0) is 26.8 Å². The van der Waals surface area contributed by atoms with Crippen molar-refractivity contribution >= 4 is 17.7 Å². The highest BCUT2D eigenvalue weighted by atomic mass is 35.5. The van der Waals surface area contributed by atoms with Crippen LogP contribution < -0.4 is 4.74 Å². The maximum atomic E-state index is 11.7. The molecule has 20 heavy (non-hydrogen) atoms. The van der Waals surface area contributed by atoms with Crippen molar-refractivity contribution in [1.82, 2.24) is 20.0 Å². The van der Waals surface area contributed by atoms with Gasteiger partial charge in [0, 0.05) is 18.3 Å². The fraction of sp³-hybridized carbons (Fsp3) is 0.333. The lowest BCUT2D eigenvalue weighted by atomic mass is 10.2. The molecular weight excluding hydrogens is 284 g/mol. The Labute approximate surface area is 120 Å². The van der Waals surface area contributed by atoms with Crippen molar-refractivity contribution in [1.29, 1.82) is 0 Å². The van der Waals surface area contributed by atoms with E-state index in [4.69, 9.17) is 21.1 Å². The van der Waals surface area contributed by atoms with E-state index in [0.29, 0.717) is 0 Å². The van der Waals surface area contributed by atoms with Gasteiger partial charge in [-0.2, -0.15) is 4.68 Å². The monoisotopic (exact) mass is 296 g/mol. The molecule has 0 aliphatic rings. The molecule has 0 unspecified atom stereocenters. The van der Waals surface area contributed by atoms with Gasteiger partial charge in [0.1, 0.15) is 5.60 Å². The van der Waals surface area contributed by atoms with E-state index in [0.717, 1.165) is 4.68 Å². The number of nitrogens with zero attached hydrogens (tertiary/aromatic N) is 4. The van der Waals surface area contributed by atoms with Gasteiger partial charge in [-0.3, -0.25) is 0 Å². The van der Waals surface area contributed by atoms with E-state index in [2.05, 4.69) is 15.3 Å². The standard InChI is InChI=1S/C12H13ClN4O3/c1-12(2,3)20-11(18)17-7-6-10(16-17)19-9-5-4-8(13)14-15-9/h4-7H,1-3H3. The molecular formula is C12H13ClN4O3. The third-order valence-corrected chi connectivity index (χ3v) is 2.16. The summed E-state index contributed by atoms with van der Waals surface area (Å²) in [4.78, 5) is 11.7. The molecule has 0 saturated carbocycles. The number of hydrogen-bond donors (Lipinski definition) is 0. The number of halogens is 1. The Hall–Kier alpha value is -2.15. The summed E-state index contributed by atoms with van der Waals surface area (Å²) in [5.41, 5.74) is -0.592. The summed E-state index contributed by atoms with van der Waals surface area (Å²) in [6.07, 6.45) is 0.849. The van der Waals surface area contributed by atoms with Gasteiger partial charge >= 0.3 is 6.09 Å². The highest BCUT2D eigenvalue weighted by Crippen LogP contribution is 2.17. The first-order chi connectivity index (χ1) is 9.33. The molecule has 0 amide bonds. The van der Waals surface area contributed by atoms with Crippen LogP contribution in [0.2, 0.25) is 5.15 Å². The molecule has 8 heteroatoms. The van der Waals surface area contributed by atoms with Crippen LogP contribution in [-0.2, 0) is 4.74 Å². The third-order valence-electron chi connectivity index (χ3n) is 1.96. The molecule has 0 spiro atoms. The summed E-state index contributed by atoms with van der Waals surface area (Å²) in [6.45, 7) is 5.32. The second kappa shape index (κ2) is 5.46. The van der Waals surface area contributed by atoms with E-state index >= 15 is 0 Å². The second-order valence-corrected chi connectivity index (χ2v) is 5.26. The minimum absolute atomic E-state index is 0.201. The molecule has 0 aliphatic heterocycles. The van der Waals surface area contributed by atoms with Crippen LogP contribution in [0, 0.1) is 0 Å². The minimum Gasteiger partial charge on any atom is -0.442 e. The van der Waals surface area contributed by atoms with Gasteiger partial charge < -0.3 is 9.47 Å². The van der Waals surface area contributed by atoms with E-state index in [1.807, 2.05) is 0 Å². The van der Waals surface area contributed by atoms with E-state index in [1.165, 1.54) is 18.3 Å². The van der Waals surface area contributed by atoms with Gasteiger partial charge in [0.05, 0.1) is 0 Å². The molecule has 0 bridgehead atoms. The predicted molar refractivity (Wildman–Crippen MR) is 71.0 cm³/mol. The Morgan fingerprint density at radius 2 is 1.95 bits per heavy atom. The Morgan fingerprint density at radius 3 is 2.55 bits per heavy atom. The number of rotatable bonds is 2. The normalized spacial score (nSPS) is 11.2. The summed E-state index contributed by atoms with van der Waals surface area (Å²) >= 11 is 5.61. The summed E-state index contributed by atoms with van der Waals surface area (Å²) in [6, 6.07) is 4.59. The molecule has 2 heterocycles. The van der Waals surface area contributed by atoms with Crippen molar-refractivity contribution in [2.24, 2.45) is 0 Å². The first-order valence-corrected chi connectivity index (χ1v) is 6.17. The summed E-state index contributed by atoms with van der Waals surface area (Å²) in [7, 11) is 0. The highest BCUT2D eigenvalue weighted by molar-refractivity contribution is 6.29. The molecule has 2 rings (SSSR count). The lowest BCUT2D eigenvalue weighted by Crippen LogP contribution is -2.27. The fourth-order valence-corrected chi connectivity index (χ4v) is 1.34. The molecule has 0 aliphatic carbocycles. The molecule has 2 aromatic rings. The highest BCUT2D eigenvalue weighted by Gasteiger charge is 2.18. The lowest BCUT2D eigenvalue weighted by molar-refractivity contribution is 0.0512. The number of carbonyl (C=O) groups is 1. The van der Waals surface area contributed by atoms with Gasteiger partial charge in [0.2, 0.25) is 11.8 Å². The number of aromatic nitrogens is 4. The Bertz CT molecular complexity index is 604. The van der Waals surface area contributed by atoms with Crippen LogP contribution in [0.25, 0.3) is 0 Å². The first kappa shape index (κ1) is 14.3. The molecule has 2 aromatic heterocycles. The van der Waals surface area contributed by atoms with Crippen molar-refractivity contribution in [3.8, 4) is 11.8 Å². The topological polar surface area (TPSA) is 79.1 Å². The molecule has 106 valence electrons. The van der Waals surface area contributed by atoms with Crippen LogP contribution in [0.5, 0.6) is 11.8 Å². The zero-order chi connectivity index (χ0) is 14.8. The summed E-state index contributed by atoms with van der Waals surface area (Å²) in [5, 5.41) is 11.5.